The molecule has 84 valence electrons. The van der Waals surface area contributed by atoms with Crippen LogP contribution in [0.5, 0.6) is 0 Å². The van der Waals surface area contributed by atoms with Gasteiger partial charge in [-0.3, -0.25) is 0 Å². The van der Waals surface area contributed by atoms with Gasteiger partial charge in [0.25, 0.3) is 0 Å². The van der Waals surface area contributed by atoms with Crippen molar-refractivity contribution in [3.63, 3.8) is 0 Å². The molecule has 1 aromatic carbocycles. The van der Waals surface area contributed by atoms with E-state index in [1.165, 1.54) is 6.42 Å². The second kappa shape index (κ2) is 6.41. The summed E-state index contributed by atoms with van der Waals surface area (Å²) in [6, 6.07) is 5.77. The molecular weight excluding hydrogens is 228 g/mol. The van der Waals surface area contributed by atoms with Crippen LogP contribution >= 0.6 is 23.4 Å². The monoisotopic (exact) mass is 244 g/mol. The predicted molar refractivity (Wildman–Crippen MR) is 67.6 cm³/mol. The number of halogens is 1. The second-order valence-electron chi connectivity index (χ2n) is 3.91. The van der Waals surface area contributed by atoms with Gasteiger partial charge in [0.2, 0.25) is 0 Å². The smallest absolute Gasteiger partial charge is 0.0707 e. The van der Waals surface area contributed by atoms with Crippen LogP contribution in [-0.4, -0.2) is 10.9 Å². The van der Waals surface area contributed by atoms with Crippen molar-refractivity contribution in [1.82, 2.24) is 0 Å². The molecule has 1 aromatic rings. The molecule has 0 fully saturated rings. The van der Waals surface area contributed by atoms with Crippen molar-refractivity contribution in [2.45, 2.75) is 31.8 Å². The Hall–Kier alpha value is -0.180. The van der Waals surface area contributed by atoms with E-state index >= 15 is 0 Å². The first-order chi connectivity index (χ1) is 7.15. The molecule has 0 aromatic heterocycles. The van der Waals surface area contributed by atoms with Crippen LogP contribution in [0.2, 0.25) is 5.02 Å². The van der Waals surface area contributed by atoms with E-state index in [4.69, 9.17) is 11.6 Å². The Bertz CT molecular complexity index is 312. The maximum atomic E-state index is 9.21. The van der Waals surface area contributed by atoms with Crippen molar-refractivity contribution < 1.29 is 5.11 Å². The zero-order valence-electron chi connectivity index (χ0n) is 9.16. The van der Waals surface area contributed by atoms with Gasteiger partial charge in [0.05, 0.1) is 6.61 Å². The van der Waals surface area contributed by atoms with Gasteiger partial charge in [0.15, 0.2) is 0 Å². The summed E-state index contributed by atoms with van der Waals surface area (Å²) in [6.45, 7) is 4.45. The lowest BCUT2D eigenvalue weighted by Gasteiger charge is -2.09. The van der Waals surface area contributed by atoms with Gasteiger partial charge in [-0.05, 0) is 30.2 Å². The molecule has 0 bridgehead atoms. The van der Waals surface area contributed by atoms with E-state index < -0.39 is 0 Å². The fourth-order valence-electron chi connectivity index (χ4n) is 1.23. The minimum absolute atomic E-state index is 0.0175. The molecule has 0 amide bonds. The van der Waals surface area contributed by atoms with E-state index in [2.05, 4.69) is 13.8 Å². The van der Waals surface area contributed by atoms with Crippen molar-refractivity contribution in [1.29, 1.82) is 0 Å². The Morgan fingerprint density at radius 2 is 2.13 bits per heavy atom. The number of rotatable bonds is 5. The summed E-state index contributed by atoms with van der Waals surface area (Å²) in [4.78, 5) is 1.10. The molecule has 0 saturated heterocycles. The SMILES string of the molecule is CC(C)CCSc1cccc(Cl)c1CO. The summed E-state index contributed by atoms with van der Waals surface area (Å²) >= 11 is 7.77. The average Bonchev–Trinajstić information content (AvgIpc) is 2.17. The number of aliphatic hydroxyl groups is 1. The molecule has 0 atom stereocenters. The minimum atomic E-state index is 0.0175. The molecule has 3 heteroatoms. The summed E-state index contributed by atoms with van der Waals surface area (Å²) in [5.41, 5.74) is 0.855. The lowest BCUT2D eigenvalue weighted by atomic mass is 10.2. The Balaban J connectivity index is 2.64. The highest BCUT2D eigenvalue weighted by atomic mass is 35.5. The molecule has 0 aliphatic carbocycles. The zero-order chi connectivity index (χ0) is 11.3. The topological polar surface area (TPSA) is 20.2 Å². The van der Waals surface area contributed by atoms with Crippen LogP contribution in [0.3, 0.4) is 0 Å². The summed E-state index contributed by atoms with van der Waals surface area (Å²) in [7, 11) is 0. The molecule has 0 spiro atoms. The van der Waals surface area contributed by atoms with E-state index in [-0.39, 0.29) is 6.61 Å². The third-order valence-electron chi connectivity index (χ3n) is 2.19. The van der Waals surface area contributed by atoms with Crippen molar-refractivity contribution >= 4 is 23.4 Å². The molecule has 0 aliphatic rings. The molecule has 0 aliphatic heterocycles. The van der Waals surface area contributed by atoms with Crippen LogP contribution in [0.1, 0.15) is 25.8 Å². The Labute approximate surface area is 101 Å². The third-order valence-corrected chi connectivity index (χ3v) is 3.67. The van der Waals surface area contributed by atoms with E-state index in [1.807, 2.05) is 18.2 Å². The highest BCUT2D eigenvalue weighted by molar-refractivity contribution is 7.99. The Morgan fingerprint density at radius 3 is 2.73 bits per heavy atom. The number of thioether (sulfide) groups is 1. The first-order valence-electron chi connectivity index (χ1n) is 5.16. The largest absolute Gasteiger partial charge is 0.392 e. The number of hydrogen-bond acceptors (Lipinski definition) is 2. The number of hydrogen-bond donors (Lipinski definition) is 1. The van der Waals surface area contributed by atoms with Crippen LogP contribution in [0.25, 0.3) is 0 Å². The summed E-state index contributed by atoms with van der Waals surface area (Å²) in [6.07, 6.45) is 1.18. The van der Waals surface area contributed by atoms with Crippen LogP contribution in [0.15, 0.2) is 23.1 Å². The Kier molecular flexibility index (Phi) is 5.51. The fraction of sp³-hybridized carbons (Fsp3) is 0.500. The lowest BCUT2D eigenvalue weighted by Crippen LogP contribution is -1.93. The quantitative estimate of drug-likeness (QED) is 0.791. The fourth-order valence-corrected chi connectivity index (χ4v) is 2.86. The Morgan fingerprint density at radius 1 is 1.40 bits per heavy atom. The highest BCUT2D eigenvalue weighted by Gasteiger charge is 2.06. The van der Waals surface area contributed by atoms with Crippen LogP contribution in [-0.2, 0) is 6.61 Å². The van der Waals surface area contributed by atoms with E-state index in [0.717, 1.165) is 16.2 Å². The standard InChI is InChI=1S/C12H17ClOS/c1-9(2)6-7-15-12-5-3-4-11(13)10(12)8-14/h3-5,9,14H,6-8H2,1-2H3. The van der Waals surface area contributed by atoms with Gasteiger partial charge in [-0.2, -0.15) is 0 Å². The molecule has 15 heavy (non-hydrogen) atoms. The van der Waals surface area contributed by atoms with Gasteiger partial charge in [0.1, 0.15) is 0 Å². The maximum Gasteiger partial charge on any atom is 0.0707 e. The van der Waals surface area contributed by atoms with Gasteiger partial charge in [0, 0.05) is 15.5 Å². The molecule has 0 heterocycles. The minimum Gasteiger partial charge on any atom is -0.392 e. The summed E-state index contributed by atoms with van der Waals surface area (Å²) in [5.74, 6) is 1.79. The molecular formula is C12H17ClOS. The summed E-state index contributed by atoms with van der Waals surface area (Å²) in [5, 5.41) is 9.87. The number of aliphatic hydroxyl groups excluding tert-OH is 1. The third kappa shape index (κ3) is 4.06. The van der Waals surface area contributed by atoms with Crippen molar-refractivity contribution in [2.24, 2.45) is 5.92 Å². The summed E-state index contributed by atoms with van der Waals surface area (Å²) < 4.78 is 0. The first kappa shape index (κ1) is 12.9. The van der Waals surface area contributed by atoms with E-state index in [0.29, 0.717) is 10.9 Å². The first-order valence-corrected chi connectivity index (χ1v) is 6.52. The normalized spacial score (nSPS) is 11.0. The maximum absolute atomic E-state index is 9.21. The van der Waals surface area contributed by atoms with Crippen LogP contribution in [0, 0.1) is 5.92 Å². The van der Waals surface area contributed by atoms with Gasteiger partial charge < -0.3 is 5.11 Å². The second-order valence-corrected chi connectivity index (χ2v) is 5.45. The van der Waals surface area contributed by atoms with Crippen LogP contribution in [0.4, 0.5) is 0 Å². The van der Waals surface area contributed by atoms with E-state index in [9.17, 15) is 5.11 Å². The lowest BCUT2D eigenvalue weighted by molar-refractivity contribution is 0.279. The molecule has 1 N–H and O–H groups in total. The van der Waals surface area contributed by atoms with Gasteiger partial charge in [-0.15, -0.1) is 11.8 Å². The molecule has 1 rings (SSSR count). The van der Waals surface area contributed by atoms with Crippen molar-refractivity contribution in [3.8, 4) is 0 Å². The predicted octanol–water partition coefficient (Wildman–Crippen LogP) is 3.97. The number of benzene rings is 1. The van der Waals surface area contributed by atoms with Crippen molar-refractivity contribution in [3.05, 3.63) is 28.8 Å². The van der Waals surface area contributed by atoms with Gasteiger partial charge >= 0.3 is 0 Å². The molecule has 0 unspecified atom stereocenters. The van der Waals surface area contributed by atoms with Gasteiger partial charge in [-0.1, -0.05) is 31.5 Å². The van der Waals surface area contributed by atoms with Crippen LogP contribution < -0.4 is 0 Å². The van der Waals surface area contributed by atoms with Gasteiger partial charge in [-0.25, -0.2) is 0 Å². The molecule has 0 radical (unpaired) electrons. The zero-order valence-corrected chi connectivity index (χ0v) is 10.7. The average molecular weight is 245 g/mol. The van der Waals surface area contributed by atoms with E-state index in [1.54, 1.807) is 11.8 Å². The molecule has 0 saturated carbocycles. The molecule has 1 nitrogen and oxygen atoms in total. The van der Waals surface area contributed by atoms with Crippen molar-refractivity contribution in [2.75, 3.05) is 5.75 Å². The highest BCUT2D eigenvalue weighted by Crippen LogP contribution is 2.29.